The molecule has 0 atom stereocenters. The number of amides is 1. The zero-order valence-electron chi connectivity index (χ0n) is 10.5. The number of nitrogens with one attached hydrogen (secondary N) is 1. The summed E-state index contributed by atoms with van der Waals surface area (Å²) in [5.41, 5.74) is 5.18. The Morgan fingerprint density at radius 2 is 1.82 bits per heavy atom. The third kappa shape index (κ3) is 2.31. The molecule has 1 amide bonds. The molecule has 0 radical (unpaired) electrons. The number of rotatable bonds is 2. The third-order valence-corrected chi connectivity index (χ3v) is 3.11. The maximum atomic E-state index is 11.8. The molecule has 0 aromatic heterocycles. The largest absolute Gasteiger partial charge is 0.325 e. The Morgan fingerprint density at radius 1 is 1.18 bits per heavy atom. The predicted molar refractivity (Wildman–Crippen MR) is 70.3 cm³/mol. The SMILES string of the molecule is CCC1=C(C)/C(=C/c2ccc(C)cc2)C(=O)N1. The number of carbonyl (C=O) groups excluding carboxylic acids is 1. The summed E-state index contributed by atoms with van der Waals surface area (Å²) in [5.74, 6) is 0.0138. The average molecular weight is 227 g/mol. The molecular formula is C15H17NO. The van der Waals surface area contributed by atoms with Crippen molar-refractivity contribution in [1.82, 2.24) is 5.32 Å². The Kier molecular flexibility index (Phi) is 3.14. The molecule has 0 saturated carbocycles. The monoisotopic (exact) mass is 227 g/mol. The zero-order valence-corrected chi connectivity index (χ0v) is 10.5. The minimum absolute atomic E-state index is 0.0138. The van der Waals surface area contributed by atoms with Crippen molar-refractivity contribution in [3.63, 3.8) is 0 Å². The van der Waals surface area contributed by atoms with E-state index in [2.05, 4.69) is 24.4 Å². The molecule has 1 N–H and O–H groups in total. The van der Waals surface area contributed by atoms with E-state index in [4.69, 9.17) is 0 Å². The van der Waals surface area contributed by atoms with Crippen LogP contribution in [0.1, 0.15) is 31.4 Å². The van der Waals surface area contributed by atoms with Crippen molar-refractivity contribution in [2.75, 3.05) is 0 Å². The van der Waals surface area contributed by atoms with Crippen LogP contribution < -0.4 is 5.32 Å². The Bertz CT molecular complexity index is 506. The summed E-state index contributed by atoms with van der Waals surface area (Å²) < 4.78 is 0. The molecule has 2 heteroatoms. The summed E-state index contributed by atoms with van der Waals surface area (Å²) in [5, 5.41) is 2.91. The maximum Gasteiger partial charge on any atom is 0.255 e. The van der Waals surface area contributed by atoms with Crippen molar-refractivity contribution in [3.8, 4) is 0 Å². The highest BCUT2D eigenvalue weighted by Gasteiger charge is 2.22. The minimum atomic E-state index is 0.0138. The van der Waals surface area contributed by atoms with Crippen molar-refractivity contribution < 1.29 is 4.79 Å². The van der Waals surface area contributed by atoms with E-state index in [1.807, 2.05) is 32.1 Å². The van der Waals surface area contributed by atoms with E-state index in [-0.39, 0.29) is 5.91 Å². The first-order valence-electron chi connectivity index (χ1n) is 5.91. The van der Waals surface area contributed by atoms with Crippen LogP contribution >= 0.6 is 0 Å². The van der Waals surface area contributed by atoms with Gasteiger partial charge in [-0.1, -0.05) is 36.8 Å². The fraction of sp³-hybridized carbons (Fsp3) is 0.267. The van der Waals surface area contributed by atoms with Crippen molar-refractivity contribution in [1.29, 1.82) is 0 Å². The average Bonchev–Trinajstić information content (AvgIpc) is 2.59. The van der Waals surface area contributed by atoms with Crippen LogP contribution in [0.3, 0.4) is 0 Å². The number of benzene rings is 1. The van der Waals surface area contributed by atoms with E-state index in [9.17, 15) is 4.79 Å². The minimum Gasteiger partial charge on any atom is -0.325 e. The van der Waals surface area contributed by atoms with Gasteiger partial charge in [0.05, 0.1) is 0 Å². The smallest absolute Gasteiger partial charge is 0.255 e. The number of hydrogen-bond acceptors (Lipinski definition) is 1. The molecule has 0 aliphatic carbocycles. The van der Waals surface area contributed by atoms with Gasteiger partial charge in [-0.05, 0) is 37.5 Å². The molecule has 1 aromatic carbocycles. The van der Waals surface area contributed by atoms with Crippen LogP contribution in [0.25, 0.3) is 6.08 Å². The summed E-state index contributed by atoms with van der Waals surface area (Å²) in [6, 6.07) is 8.18. The Balaban J connectivity index is 2.37. The van der Waals surface area contributed by atoms with E-state index in [0.29, 0.717) is 0 Å². The molecule has 1 aliphatic heterocycles. The van der Waals surface area contributed by atoms with Gasteiger partial charge >= 0.3 is 0 Å². The Morgan fingerprint density at radius 3 is 2.35 bits per heavy atom. The fourth-order valence-electron chi connectivity index (χ4n) is 1.99. The van der Waals surface area contributed by atoms with Gasteiger partial charge in [-0.2, -0.15) is 0 Å². The maximum absolute atomic E-state index is 11.8. The molecule has 88 valence electrons. The number of carbonyl (C=O) groups is 1. The fourth-order valence-corrected chi connectivity index (χ4v) is 1.99. The van der Waals surface area contributed by atoms with Crippen LogP contribution in [0.2, 0.25) is 0 Å². The van der Waals surface area contributed by atoms with Crippen molar-refractivity contribution in [3.05, 3.63) is 52.2 Å². The molecule has 0 spiro atoms. The Labute approximate surface area is 102 Å². The number of aryl methyl sites for hydroxylation is 1. The van der Waals surface area contributed by atoms with Gasteiger partial charge in [0.1, 0.15) is 0 Å². The van der Waals surface area contributed by atoms with Crippen molar-refractivity contribution in [2.24, 2.45) is 0 Å². The van der Waals surface area contributed by atoms with Gasteiger partial charge in [0.2, 0.25) is 0 Å². The molecule has 0 bridgehead atoms. The molecule has 1 aliphatic rings. The van der Waals surface area contributed by atoms with Crippen LogP contribution in [0.15, 0.2) is 41.1 Å². The summed E-state index contributed by atoms with van der Waals surface area (Å²) in [6.07, 6.45) is 2.82. The summed E-state index contributed by atoms with van der Waals surface area (Å²) in [4.78, 5) is 11.8. The third-order valence-electron chi connectivity index (χ3n) is 3.11. The van der Waals surface area contributed by atoms with Crippen LogP contribution in [-0.2, 0) is 4.79 Å². The molecule has 1 heterocycles. The van der Waals surface area contributed by atoms with Crippen molar-refractivity contribution >= 4 is 12.0 Å². The second kappa shape index (κ2) is 4.58. The highest BCUT2D eigenvalue weighted by molar-refractivity contribution is 6.06. The first-order chi connectivity index (χ1) is 8.11. The summed E-state index contributed by atoms with van der Waals surface area (Å²) >= 11 is 0. The lowest BCUT2D eigenvalue weighted by Crippen LogP contribution is -2.15. The first kappa shape index (κ1) is 11.6. The van der Waals surface area contributed by atoms with E-state index < -0.39 is 0 Å². The van der Waals surface area contributed by atoms with Gasteiger partial charge in [0.15, 0.2) is 0 Å². The van der Waals surface area contributed by atoms with Crippen LogP contribution in [-0.4, -0.2) is 5.91 Å². The molecule has 0 fully saturated rings. The standard InChI is InChI=1S/C15H17NO/c1-4-14-11(3)13(15(17)16-14)9-12-7-5-10(2)6-8-12/h5-9H,4H2,1-3H3,(H,16,17)/b13-9-. The molecular weight excluding hydrogens is 210 g/mol. The molecule has 2 nitrogen and oxygen atoms in total. The van der Waals surface area contributed by atoms with Crippen LogP contribution in [0.5, 0.6) is 0 Å². The molecule has 0 unspecified atom stereocenters. The lowest BCUT2D eigenvalue weighted by Gasteiger charge is -1.99. The molecule has 17 heavy (non-hydrogen) atoms. The highest BCUT2D eigenvalue weighted by atomic mass is 16.1. The van der Waals surface area contributed by atoms with Crippen LogP contribution in [0, 0.1) is 6.92 Å². The topological polar surface area (TPSA) is 29.1 Å². The lowest BCUT2D eigenvalue weighted by molar-refractivity contribution is -0.116. The van der Waals surface area contributed by atoms with Gasteiger partial charge in [-0.15, -0.1) is 0 Å². The molecule has 0 saturated heterocycles. The van der Waals surface area contributed by atoms with E-state index >= 15 is 0 Å². The summed E-state index contributed by atoms with van der Waals surface area (Å²) in [6.45, 7) is 6.10. The molecule has 2 rings (SSSR count). The van der Waals surface area contributed by atoms with Crippen molar-refractivity contribution in [2.45, 2.75) is 27.2 Å². The Hall–Kier alpha value is -1.83. The normalized spacial score (nSPS) is 17.8. The van der Waals surface area contributed by atoms with Gasteiger partial charge in [0.25, 0.3) is 5.91 Å². The molecule has 1 aromatic rings. The first-order valence-corrected chi connectivity index (χ1v) is 5.91. The zero-order chi connectivity index (χ0) is 12.4. The van der Waals surface area contributed by atoms with Crippen LogP contribution in [0.4, 0.5) is 0 Å². The lowest BCUT2D eigenvalue weighted by atomic mass is 10.0. The summed E-state index contributed by atoms with van der Waals surface area (Å²) in [7, 11) is 0. The van der Waals surface area contributed by atoms with Gasteiger partial charge in [-0.3, -0.25) is 4.79 Å². The number of hydrogen-bond donors (Lipinski definition) is 1. The van der Waals surface area contributed by atoms with E-state index in [0.717, 1.165) is 28.8 Å². The van der Waals surface area contributed by atoms with Gasteiger partial charge < -0.3 is 5.32 Å². The quantitative estimate of drug-likeness (QED) is 0.772. The predicted octanol–water partition coefficient (Wildman–Crippen LogP) is 3.19. The van der Waals surface area contributed by atoms with E-state index in [1.54, 1.807) is 0 Å². The highest BCUT2D eigenvalue weighted by Crippen LogP contribution is 2.24. The van der Waals surface area contributed by atoms with E-state index in [1.165, 1.54) is 5.56 Å². The van der Waals surface area contributed by atoms with Gasteiger partial charge in [-0.25, -0.2) is 0 Å². The second-order valence-corrected chi connectivity index (χ2v) is 4.38. The van der Waals surface area contributed by atoms with Gasteiger partial charge in [0, 0.05) is 11.3 Å². The number of allylic oxidation sites excluding steroid dienone is 1. The second-order valence-electron chi connectivity index (χ2n) is 4.38.